The number of carbonyl (C=O) groups excluding carboxylic acids is 3. The predicted octanol–water partition coefficient (Wildman–Crippen LogP) is 4.80. The molecule has 1 saturated heterocycles. The fourth-order valence-electron chi connectivity index (χ4n) is 4.04. The highest BCUT2D eigenvalue weighted by Crippen LogP contribution is 2.40. The number of nitrogens with one attached hydrogen (secondary N) is 1. The van der Waals surface area contributed by atoms with Gasteiger partial charge in [0.1, 0.15) is 21.4 Å². The zero-order valence-corrected chi connectivity index (χ0v) is 20.9. The van der Waals surface area contributed by atoms with E-state index in [1.165, 1.54) is 0 Å². The number of benzene rings is 1. The van der Waals surface area contributed by atoms with E-state index in [1.807, 2.05) is 12.1 Å². The third kappa shape index (κ3) is 5.11. The first-order valence-corrected chi connectivity index (χ1v) is 11.9. The number of urea groups is 1. The summed E-state index contributed by atoms with van der Waals surface area (Å²) >= 11 is 1.01. The summed E-state index contributed by atoms with van der Waals surface area (Å²) < 4.78 is 21.1. The van der Waals surface area contributed by atoms with Crippen LogP contribution in [0.5, 0.6) is 11.5 Å². The highest BCUT2D eigenvalue weighted by atomic mass is 32.1. The summed E-state index contributed by atoms with van der Waals surface area (Å²) in [5, 5.41) is 3.10. The fraction of sp³-hybridized carbons (Fsp3) is 0.458. The molecule has 1 aliphatic rings. The van der Waals surface area contributed by atoms with Gasteiger partial charge in [-0.25, -0.2) is 14.4 Å². The molecule has 0 spiro atoms. The Labute approximate surface area is 202 Å². The van der Waals surface area contributed by atoms with Gasteiger partial charge >= 0.3 is 18.0 Å². The van der Waals surface area contributed by atoms with Crippen LogP contribution >= 0.6 is 11.3 Å². The van der Waals surface area contributed by atoms with Crippen LogP contribution in [0.1, 0.15) is 63.9 Å². The van der Waals surface area contributed by atoms with Gasteiger partial charge in [-0.15, -0.1) is 11.3 Å². The minimum atomic E-state index is -0.600. The molecule has 0 saturated carbocycles. The predicted molar refractivity (Wildman–Crippen MR) is 128 cm³/mol. The molecule has 1 atom stereocenters. The Bertz CT molecular complexity index is 1070. The largest absolute Gasteiger partial charge is 0.497 e. The minimum Gasteiger partial charge on any atom is -0.497 e. The molecule has 34 heavy (non-hydrogen) atoms. The first kappa shape index (κ1) is 25.4. The second-order valence-electron chi connectivity index (χ2n) is 7.59. The highest BCUT2D eigenvalue weighted by Gasteiger charge is 2.34. The third-order valence-electron chi connectivity index (χ3n) is 5.62. The number of esters is 2. The lowest BCUT2D eigenvalue weighted by Crippen LogP contribution is -2.34. The van der Waals surface area contributed by atoms with E-state index in [0.717, 1.165) is 29.7 Å². The van der Waals surface area contributed by atoms with E-state index in [9.17, 15) is 14.4 Å². The average molecular weight is 491 g/mol. The van der Waals surface area contributed by atoms with Crippen LogP contribution in [-0.4, -0.2) is 56.8 Å². The molecule has 0 radical (unpaired) electrons. The second-order valence-corrected chi connectivity index (χ2v) is 8.61. The lowest BCUT2D eigenvalue weighted by atomic mass is 10.0. The standard InChI is InChI=1S/C24H30N2O7S/c1-6-32-22(27)19-14(3)20(23(28)33-7-2)34-21(19)25-24(29)26-12-8-9-17(26)16-11-10-15(30-4)13-18(16)31-5/h10-11,13,17H,6-9,12H2,1-5H3,(H,25,29). The fourth-order valence-corrected chi connectivity index (χ4v) is 5.12. The summed E-state index contributed by atoms with van der Waals surface area (Å²) in [5.41, 5.74) is 1.46. The van der Waals surface area contributed by atoms with Crippen molar-refractivity contribution in [2.24, 2.45) is 0 Å². The molecule has 2 heterocycles. The van der Waals surface area contributed by atoms with Gasteiger partial charge in [0, 0.05) is 18.2 Å². The van der Waals surface area contributed by atoms with Crippen LogP contribution in [0.15, 0.2) is 18.2 Å². The van der Waals surface area contributed by atoms with Gasteiger partial charge in [0.15, 0.2) is 0 Å². The molecule has 1 aromatic heterocycles. The van der Waals surface area contributed by atoms with Crippen LogP contribution in [0.3, 0.4) is 0 Å². The topological polar surface area (TPSA) is 103 Å². The van der Waals surface area contributed by atoms with Gasteiger partial charge in [-0.1, -0.05) is 0 Å². The number of hydrogen-bond acceptors (Lipinski definition) is 8. The Morgan fingerprint density at radius 1 is 1.09 bits per heavy atom. The maximum absolute atomic E-state index is 13.4. The second kappa shape index (κ2) is 11.2. The van der Waals surface area contributed by atoms with Gasteiger partial charge in [-0.2, -0.15) is 0 Å². The van der Waals surface area contributed by atoms with Gasteiger partial charge in [-0.05, 0) is 51.3 Å². The van der Waals surface area contributed by atoms with Crippen molar-refractivity contribution in [2.75, 3.05) is 39.3 Å². The number of hydrogen-bond donors (Lipinski definition) is 1. The molecule has 3 rings (SSSR count). The molecule has 10 heteroatoms. The lowest BCUT2D eigenvalue weighted by Gasteiger charge is -2.26. The van der Waals surface area contributed by atoms with E-state index >= 15 is 0 Å². The van der Waals surface area contributed by atoms with Crippen LogP contribution in [0.4, 0.5) is 9.80 Å². The van der Waals surface area contributed by atoms with Gasteiger partial charge < -0.3 is 23.8 Å². The SMILES string of the molecule is CCOC(=O)c1sc(NC(=O)N2CCCC2c2ccc(OC)cc2OC)c(C(=O)OCC)c1C. The first-order valence-electron chi connectivity index (χ1n) is 11.1. The zero-order chi connectivity index (χ0) is 24.8. The molecular formula is C24H30N2O7S. The Balaban J connectivity index is 1.92. The smallest absolute Gasteiger partial charge is 0.348 e. The number of nitrogens with zero attached hydrogens (tertiary/aromatic N) is 1. The Morgan fingerprint density at radius 2 is 1.79 bits per heavy atom. The van der Waals surface area contributed by atoms with Gasteiger partial charge in [-0.3, -0.25) is 5.32 Å². The molecule has 9 nitrogen and oxygen atoms in total. The summed E-state index contributed by atoms with van der Waals surface area (Å²) in [7, 11) is 3.16. The van der Waals surface area contributed by atoms with Crippen molar-refractivity contribution in [3.05, 3.63) is 39.8 Å². The molecule has 2 amide bonds. The van der Waals surface area contributed by atoms with Gasteiger partial charge in [0.2, 0.25) is 0 Å². The summed E-state index contributed by atoms with van der Waals surface area (Å²) in [6.07, 6.45) is 1.58. The van der Waals surface area contributed by atoms with Crippen molar-refractivity contribution in [3.63, 3.8) is 0 Å². The molecule has 184 valence electrons. The van der Waals surface area contributed by atoms with E-state index < -0.39 is 11.9 Å². The van der Waals surface area contributed by atoms with Crippen molar-refractivity contribution < 1.29 is 33.3 Å². The van der Waals surface area contributed by atoms with Crippen molar-refractivity contribution in [3.8, 4) is 11.5 Å². The van der Waals surface area contributed by atoms with E-state index in [1.54, 1.807) is 46.0 Å². The Morgan fingerprint density at radius 3 is 2.44 bits per heavy atom. The number of rotatable bonds is 8. The maximum Gasteiger partial charge on any atom is 0.348 e. The molecule has 0 aliphatic carbocycles. The molecule has 0 bridgehead atoms. The minimum absolute atomic E-state index is 0.168. The monoisotopic (exact) mass is 490 g/mol. The third-order valence-corrected chi connectivity index (χ3v) is 6.81. The maximum atomic E-state index is 13.4. The summed E-state index contributed by atoms with van der Waals surface area (Å²) in [4.78, 5) is 40.4. The number of carbonyl (C=O) groups is 3. The summed E-state index contributed by atoms with van der Waals surface area (Å²) in [6.45, 7) is 5.95. The van der Waals surface area contributed by atoms with Gasteiger partial charge in [0.25, 0.3) is 0 Å². The summed E-state index contributed by atoms with van der Waals surface area (Å²) in [6, 6.07) is 4.93. The Kier molecular flexibility index (Phi) is 8.38. The number of ether oxygens (including phenoxy) is 4. The molecular weight excluding hydrogens is 460 g/mol. The van der Waals surface area contributed by atoms with Crippen LogP contribution < -0.4 is 14.8 Å². The van der Waals surface area contributed by atoms with E-state index in [4.69, 9.17) is 18.9 Å². The number of anilines is 1. The van der Waals surface area contributed by atoms with E-state index in [2.05, 4.69) is 5.32 Å². The van der Waals surface area contributed by atoms with Crippen LogP contribution in [0.2, 0.25) is 0 Å². The molecule has 1 unspecified atom stereocenters. The lowest BCUT2D eigenvalue weighted by molar-refractivity contribution is 0.0527. The molecule has 1 aliphatic heterocycles. The first-order chi connectivity index (χ1) is 16.4. The number of amides is 2. The molecule has 1 N–H and O–H groups in total. The van der Waals surface area contributed by atoms with Crippen molar-refractivity contribution in [2.45, 2.75) is 39.7 Å². The quantitative estimate of drug-likeness (QED) is 0.530. The Hall–Kier alpha value is -3.27. The van der Waals surface area contributed by atoms with Crippen molar-refractivity contribution in [1.82, 2.24) is 4.90 Å². The number of thiophene rings is 1. The van der Waals surface area contributed by atoms with Crippen molar-refractivity contribution in [1.29, 1.82) is 0 Å². The average Bonchev–Trinajstić information content (AvgIpc) is 3.43. The van der Waals surface area contributed by atoms with Crippen LogP contribution in [0, 0.1) is 6.92 Å². The van der Waals surface area contributed by atoms with E-state index in [0.29, 0.717) is 23.6 Å². The number of methoxy groups -OCH3 is 2. The zero-order valence-electron chi connectivity index (χ0n) is 20.1. The van der Waals surface area contributed by atoms with Crippen LogP contribution in [0.25, 0.3) is 0 Å². The molecule has 1 fully saturated rings. The summed E-state index contributed by atoms with van der Waals surface area (Å²) in [5.74, 6) is 0.150. The van der Waals surface area contributed by atoms with Crippen molar-refractivity contribution >= 4 is 34.3 Å². The molecule has 1 aromatic carbocycles. The molecule has 2 aromatic rings. The highest BCUT2D eigenvalue weighted by molar-refractivity contribution is 7.18. The van der Waals surface area contributed by atoms with Gasteiger partial charge in [0.05, 0.1) is 39.0 Å². The van der Waals surface area contributed by atoms with E-state index in [-0.39, 0.29) is 40.7 Å². The normalized spacial score (nSPS) is 15.1. The van der Waals surface area contributed by atoms with Crippen LogP contribution in [-0.2, 0) is 9.47 Å². The number of likely N-dealkylation sites (tertiary alicyclic amines) is 1.